The van der Waals surface area contributed by atoms with Gasteiger partial charge in [0.05, 0.1) is 0 Å². The zero-order chi connectivity index (χ0) is 17.4. The second-order valence-electron chi connectivity index (χ2n) is 6.05. The highest BCUT2D eigenvalue weighted by molar-refractivity contribution is 5.76. The Bertz CT molecular complexity index is 639. The third-order valence-corrected chi connectivity index (χ3v) is 4.25. The molecular weight excluding hydrogens is 298 g/mol. The first-order valence-corrected chi connectivity index (χ1v) is 8.69. The van der Waals surface area contributed by atoms with E-state index in [-0.39, 0.29) is 11.9 Å². The summed E-state index contributed by atoms with van der Waals surface area (Å²) < 4.78 is 5.88. The number of hydrogen-bond donors (Lipinski definition) is 0. The lowest BCUT2D eigenvalue weighted by Gasteiger charge is -2.28. The Balaban J connectivity index is 2.04. The number of carbonyl (C=O) groups excluding carboxylic acids is 1. The maximum atomic E-state index is 12.2. The maximum Gasteiger partial charge on any atom is 0.222 e. The van der Waals surface area contributed by atoms with Gasteiger partial charge in [-0.05, 0) is 36.6 Å². The minimum Gasteiger partial charge on any atom is -0.489 e. The number of hydrogen-bond acceptors (Lipinski definition) is 2. The Hall–Kier alpha value is -2.29. The molecule has 2 rings (SSSR count). The van der Waals surface area contributed by atoms with Gasteiger partial charge in [0, 0.05) is 19.0 Å². The summed E-state index contributed by atoms with van der Waals surface area (Å²) in [5.74, 6) is 1.03. The summed E-state index contributed by atoms with van der Waals surface area (Å²) in [6.45, 7) is 7.30. The van der Waals surface area contributed by atoms with Gasteiger partial charge in [-0.2, -0.15) is 0 Å². The number of benzene rings is 2. The summed E-state index contributed by atoms with van der Waals surface area (Å²) in [6.07, 6.45) is 1.49. The van der Waals surface area contributed by atoms with Crippen LogP contribution in [0, 0.1) is 0 Å². The molecule has 0 fully saturated rings. The molecule has 1 atom stereocenters. The van der Waals surface area contributed by atoms with Crippen LogP contribution in [0.3, 0.4) is 0 Å². The fourth-order valence-corrected chi connectivity index (χ4v) is 2.58. The lowest BCUT2D eigenvalue weighted by molar-refractivity contribution is -0.133. The molecule has 3 heteroatoms. The SMILES string of the molecule is CCC(=O)N(Cc1cccc(OCc2ccccc2)c1)C(C)CC. The van der Waals surface area contributed by atoms with Crippen molar-refractivity contribution in [3.63, 3.8) is 0 Å². The predicted molar refractivity (Wildman–Crippen MR) is 97.8 cm³/mol. The van der Waals surface area contributed by atoms with Gasteiger partial charge in [-0.1, -0.05) is 56.3 Å². The minimum atomic E-state index is 0.194. The van der Waals surface area contributed by atoms with Crippen molar-refractivity contribution >= 4 is 5.91 Å². The fraction of sp³-hybridized carbons (Fsp3) is 0.381. The minimum absolute atomic E-state index is 0.194. The van der Waals surface area contributed by atoms with Gasteiger partial charge in [-0.3, -0.25) is 4.79 Å². The Morgan fingerprint density at radius 2 is 1.75 bits per heavy atom. The van der Waals surface area contributed by atoms with Crippen LogP contribution in [0.2, 0.25) is 0 Å². The van der Waals surface area contributed by atoms with E-state index in [9.17, 15) is 4.79 Å². The molecule has 0 radical (unpaired) electrons. The van der Waals surface area contributed by atoms with Crippen LogP contribution in [-0.4, -0.2) is 16.8 Å². The molecule has 0 aliphatic heterocycles. The first kappa shape index (κ1) is 18.1. The van der Waals surface area contributed by atoms with Crippen molar-refractivity contribution in [1.29, 1.82) is 0 Å². The standard InChI is InChI=1S/C21H27NO2/c1-4-17(3)22(21(23)5-2)15-19-12-9-13-20(14-19)24-16-18-10-7-6-8-11-18/h6-14,17H,4-5,15-16H2,1-3H3. The molecule has 0 spiro atoms. The molecular formula is C21H27NO2. The highest BCUT2D eigenvalue weighted by Gasteiger charge is 2.17. The van der Waals surface area contributed by atoms with E-state index in [1.165, 1.54) is 0 Å². The van der Waals surface area contributed by atoms with Crippen molar-refractivity contribution in [3.8, 4) is 5.75 Å². The number of ether oxygens (including phenoxy) is 1. The van der Waals surface area contributed by atoms with Gasteiger partial charge in [-0.15, -0.1) is 0 Å². The van der Waals surface area contributed by atoms with E-state index in [2.05, 4.69) is 26.0 Å². The van der Waals surface area contributed by atoms with Crippen molar-refractivity contribution in [2.24, 2.45) is 0 Å². The van der Waals surface area contributed by atoms with Gasteiger partial charge in [0.1, 0.15) is 12.4 Å². The predicted octanol–water partition coefficient (Wildman–Crippen LogP) is 4.80. The summed E-state index contributed by atoms with van der Waals surface area (Å²) in [4.78, 5) is 14.2. The molecule has 1 amide bonds. The molecule has 0 bridgehead atoms. The number of rotatable bonds is 8. The van der Waals surface area contributed by atoms with Gasteiger partial charge in [0.15, 0.2) is 0 Å². The van der Waals surface area contributed by atoms with E-state index in [4.69, 9.17) is 4.74 Å². The third-order valence-electron chi connectivity index (χ3n) is 4.25. The van der Waals surface area contributed by atoms with E-state index in [1.807, 2.05) is 54.3 Å². The van der Waals surface area contributed by atoms with Crippen LogP contribution < -0.4 is 4.74 Å². The first-order chi connectivity index (χ1) is 11.6. The molecule has 128 valence electrons. The van der Waals surface area contributed by atoms with Crippen LogP contribution >= 0.6 is 0 Å². The molecule has 1 unspecified atom stereocenters. The summed E-state index contributed by atoms with van der Waals surface area (Å²) in [5, 5.41) is 0. The highest BCUT2D eigenvalue weighted by Crippen LogP contribution is 2.18. The van der Waals surface area contributed by atoms with Gasteiger partial charge in [0.25, 0.3) is 0 Å². The van der Waals surface area contributed by atoms with Crippen molar-refractivity contribution in [1.82, 2.24) is 4.90 Å². The van der Waals surface area contributed by atoms with Crippen LogP contribution in [0.5, 0.6) is 5.75 Å². The summed E-state index contributed by atoms with van der Waals surface area (Å²) in [6, 6.07) is 18.4. The van der Waals surface area contributed by atoms with Crippen molar-refractivity contribution in [2.45, 2.75) is 52.8 Å². The van der Waals surface area contributed by atoms with Gasteiger partial charge >= 0.3 is 0 Å². The largest absolute Gasteiger partial charge is 0.489 e. The Morgan fingerprint density at radius 1 is 1.04 bits per heavy atom. The summed E-state index contributed by atoms with van der Waals surface area (Å²) >= 11 is 0. The van der Waals surface area contributed by atoms with Crippen LogP contribution in [0.15, 0.2) is 54.6 Å². The van der Waals surface area contributed by atoms with Crippen LogP contribution in [0.4, 0.5) is 0 Å². The molecule has 0 saturated heterocycles. The van der Waals surface area contributed by atoms with Gasteiger partial charge < -0.3 is 9.64 Å². The van der Waals surface area contributed by atoms with Crippen LogP contribution in [0.25, 0.3) is 0 Å². The maximum absolute atomic E-state index is 12.2. The fourth-order valence-electron chi connectivity index (χ4n) is 2.58. The van der Waals surface area contributed by atoms with Crippen LogP contribution in [0.1, 0.15) is 44.7 Å². The molecule has 0 aromatic heterocycles. The van der Waals surface area contributed by atoms with E-state index in [0.717, 1.165) is 23.3 Å². The monoisotopic (exact) mass is 325 g/mol. The quantitative estimate of drug-likeness (QED) is 0.697. The third kappa shape index (κ3) is 5.12. The molecule has 0 aliphatic carbocycles. The van der Waals surface area contributed by atoms with Gasteiger partial charge in [0.2, 0.25) is 5.91 Å². The second-order valence-corrected chi connectivity index (χ2v) is 6.05. The normalized spacial score (nSPS) is 11.8. The zero-order valence-electron chi connectivity index (χ0n) is 14.9. The Kier molecular flexibility index (Phi) is 6.86. The van der Waals surface area contributed by atoms with Gasteiger partial charge in [-0.25, -0.2) is 0 Å². The lowest BCUT2D eigenvalue weighted by Crippen LogP contribution is -2.37. The number of amides is 1. The molecule has 0 N–H and O–H groups in total. The molecule has 0 aliphatic rings. The Morgan fingerprint density at radius 3 is 2.42 bits per heavy atom. The lowest BCUT2D eigenvalue weighted by atomic mass is 10.1. The second kappa shape index (κ2) is 9.11. The van der Waals surface area contributed by atoms with E-state index >= 15 is 0 Å². The Labute approximate surface area is 145 Å². The van der Waals surface area contributed by atoms with Crippen molar-refractivity contribution in [3.05, 3.63) is 65.7 Å². The topological polar surface area (TPSA) is 29.5 Å². The average molecular weight is 325 g/mol. The molecule has 2 aromatic rings. The molecule has 0 saturated carbocycles. The van der Waals surface area contributed by atoms with Crippen LogP contribution in [-0.2, 0) is 17.9 Å². The molecule has 24 heavy (non-hydrogen) atoms. The van der Waals surface area contributed by atoms with Crippen molar-refractivity contribution < 1.29 is 9.53 Å². The van der Waals surface area contributed by atoms with E-state index < -0.39 is 0 Å². The molecule has 3 nitrogen and oxygen atoms in total. The average Bonchev–Trinajstić information content (AvgIpc) is 2.64. The number of nitrogens with zero attached hydrogens (tertiary/aromatic N) is 1. The first-order valence-electron chi connectivity index (χ1n) is 8.69. The van der Waals surface area contributed by atoms with Crippen molar-refractivity contribution in [2.75, 3.05) is 0 Å². The van der Waals surface area contributed by atoms with E-state index in [0.29, 0.717) is 19.6 Å². The smallest absolute Gasteiger partial charge is 0.222 e. The van der Waals surface area contributed by atoms with E-state index in [1.54, 1.807) is 0 Å². The highest BCUT2D eigenvalue weighted by atomic mass is 16.5. The summed E-state index contributed by atoms with van der Waals surface area (Å²) in [7, 11) is 0. The number of carbonyl (C=O) groups is 1. The summed E-state index contributed by atoms with van der Waals surface area (Å²) in [5.41, 5.74) is 2.24. The molecule has 0 heterocycles. The zero-order valence-corrected chi connectivity index (χ0v) is 14.9. The molecule has 2 aromatic carbocycles.